The molecular formula is C24H34N4O3. The van der Waals surface area contributed by atoms with Crippen LogP contribution in [0.4, 0.5) is 0 Å². The molecule has 2 amide bonds. The predicted octanol–water partition coefficient (Wildman–Crippen LogP) is 2.23. The fourth-order valence-corrected chi connectivity index (χ4v) is 5.09. The number of aliphatic hydroxyl groups is 1. The summed E-state index contributed by atoms with van der Waals surface area (Å²) >= 11 is 0. The number of aromatic amines is 1. The third-order valence-electron chi connectivity index (χ3n) is 7.13. The van der Waals surface area contributed by atoms with Crippen LogP contribution in [0.1, 0.15) is 43.0 Å². The van der Waals surface area contributed by atoms with Crippen molar-refractivity contribution in [3.05, 3.63) is 36.0 Å². The van der Waals surface area contributed by atoms with E-state index in [4.69, 9.17) is 0 Å². The van der Waals surface area contributed by atoms with Gasteiger partial charge in [0, 0.05) is 30.4 Å². The van der Waals surface area contributed by atoms with E-state index in [2.05, 4.69) is 22.2 Å². The summed E-state index contributed by atoms with van der Waals surface area (Å²) in [5.74, 6) is 0.886. The van der Waals surface area contributed by atoms with Gasteiger partial charge in [-0.15, -0.1) is 0 Å². The highest BCUT2D eigenvalue weighted by Gasteiger charge is 2.34. The van der Waals surface area contributed by atoms with Gasteiger partial charge in [-0.05, 0) is 88.2 Å². The predicted molar refractivity (Wildman–Crippen MR) is 121 cm³/mol. The molecule has 3 N–H and O–H groups in total. The van der Waals surface area contributed by atoms with Crippen molar-refractivity contribution in [1.29, 1.82) is 0 Å². The van der Waals surface area contributed by atoms with Gasteiger partial charge in [-0.25, -0.2) is 0 Å². The molecule has 1 aromatic carbocycles. The summed E-state index contributed by atoms with van der Waals surface area (Å²) in [5.41, 5.74) is 1.33. The summed E-state index contributed by atoms with van der Waals surface area (Å²) in [6.45, 7) is 5.28. The highest BCUT2D eigenvalue weighted by Crippen LogP contribution is 2.32. The second-order valence-electron chi connectivity index (χ2n) is 9.27. The lowest BCUT2D eigenvalue weighted by atomic mass is 9.79. The van der Waals surface area contributed by atoms with Crippen molar-refractivity contribution >= 4 is 22.7 Å². The molecule has 0 saturated carbocycles. The Labute approximate surface area is 183 Å². The van der Waals surface area contributed by atoms with E-state index < -0.39 is 12.1 Å². The first kappa shape index (κ1) is 21.8. The highest BCUT2D eigenvalue weighted by molar-refractivity contribution is 6.00. The molecule has 7 nitrogen and oxygen atoms in total. The van der Waals surface area contributed by atoms with Crippen LogP contribution in [0.2, 0.25) is 0 Å². The maximum Gasteiger partial charge on any atom is 0.252 e. The quantitative estimate of drug-likeness (QED) is 0.684. The molecule has 31 heavy (non-hydrogen) atoms. The monoisotopic (exact) mass is 426 g/mol. The molecule has 4 rings (SSSR count). The smallest absolute Gasteiger partial charge is 0.252 e. The van der Waals surface area contributed by atoms with Gasteiger partial charge in [0.15, 0.2) is 0 Å². The molecule has 2 fully saturated rings. The first-order valence-corrected chi connectivity index (χ1v) is 11.5. The van der Waals surface area contributed by atoms with E-state index in [1.165, 1.54) is 12.8 Å². The molecule has 168 valence electrons. The molecule has 2 aliphatic rings. The van der Waals surface area contributed by atoms with Gasteiger partial charge in [-0.3, -0.25) is 9.59 Å². The minimum Gasteiger partial charge on any atom is -0.391 e. The van der Waals surface area contributed by atoms with E-state index in [0.29, 0.717) is 24.6 Å². The van der Waals surface area contributed by atoms with Gasteiger partial charge in [-0.2, -0.15) is 0 Å². The standard InChI is InChI=1S/C24H34N4O3/c1-16(29)22(26-23(30)20-4-3-19-5-10-25-21(19)15-20)24(31)28-13-8-18(9-14-28)17-6-11-27(2)12-7-17/h3-5,10,15-18,22,25,29H,6-9,11-14H2,1-2H3,(H,26,30)/t16-,22-/m1/s1. The molecule has 2 aromatic rings. The second-order valence-corrected chi connectivity index (χ2v) is 9.27. The molecule has 0 spiro atoms. The number of aliphatic hydroxyl groups excluding tert-OH is 1. The highest BCUT2D eigenvalue weighted by atomic mass is 16.3. The topological polar surface area (TPSA) is 88.7 Å². The number of carbonyl (C=O) groups excluding carboxylic acids is 2. The fourth-order valence-electron chi connectivity index (χ4n) is 5.09. The number of hydrogen-bond acceptors (Lipinski definition) is 4. The Hall–Kier alpha value is -2.38. The SMILES string of the molecule is C[C@@H](O)[C@@H](NC(=O)c1ccc2cc[nH]c2c1)C(=O)N1CCC(C2CCN(C)CC2)CC1. The summed E-state index contributed by atoms with van der Waals surface area (Å²) in [6, 6.07) is 6.37. The van der Waals surface area contributed by atoms with Crippen LogP contribution in [0.15, 0.2) is 30.5 Å². The normalized spacial score (nSPS) is 21.2. The zero-order chi connectivity index (χ0) is 22.0. The Morgan fingerprint density at radius 2 is 1.71 bits per heavy atom. The zero-order valence-corrected chi connectivity index (χ0v) is 18.5. The average molecular weight is 427 g/mol. The molecule has 1 aromatic heterocycles. The maximum atomic E-state index is 13.1. The van der Waals surface area contributed by atoms with Crippen LogP contribution in [0, 0.1) is 11.8 Å². The lowest BCUT2D eigenvalue weighted by Crippen LogP contribution is -2.55. The first-order chi connectivity index (χ1) is 14.9. The lowest BCUT2D eigenvalue weighted by Gasteiger charge is -2.40. The van der Waals surface area contributed by atoms with Gasteiger partial charge in [0.05, 0.1) is 6.10 Å². The number of fused-ring (bicyclic) bond motifs is 1. The van der Waals surface area contributed by atoms with Crippen molar-refractivity contribution in [2.75, 3.05) is 33.2 Å². The number of hydrogen-bond donors (Lipinski definition) is 3. The Kier molecular flexibility index (Phi) is 6.62. The van der Waals surface area contributed by atoms with Gasteiger partial charge in [0.1, 0.15) is 6.04 Å². The third kappa shape index (κ3) is 4.93. The number of H-pyrrole nitrogens is 1. The number of nitrogens with one attached hydrogen (secondary N) is 2. The van der Waals surface area contributed by atoms with E-state index in [1.807, 2.05) is 23.2 Å². The van der Waals surface area contributed by atoms with E-state index in [-0.39, 0.29) is 11.8 Å². The summed E-state index contributed by atoms with van der Waals surface area (Å²) in [7, 11) is 2.18. The van der Waals surface area contributed by atoms with Gasteiger partial charge in [-0.1, -0.05) is 6.07 Å². The van der Waals surface area contributed by atoms with Crippen LogP contribution in [-0.2, 0) is 4.79 Å². The van der Waals surface area contributed by atoms with Crippen molar-refractivity contribution < 1.29 is 14.7 Å². The number of rotatable bonds is 5. The van der Waals surface area contributed by atoms with Crippen LogP contribution >= 0.6 is 0 Å². The summed E-state index contributed by atoms with van der Waals surface area (Å²) in [4.78, 5) is 33.2. The van der Waals surface area contributed by atoms with Crippen LogP contribution < -0.4 is 5.32 Å². The molecule has 0 unspecified atom stereocenters. The molecule has 2 atom stereocenters. The van der Waals surface area contributed by atoms with Gasteiger partial charge >= 0.3 is 0 Å². The molecule has 2 aliphatic heterocycles. The number of amides is 2. The van der Waals surface area contributed by atoms with Crippen molar-refractivity contribution in [2.45, 2.75) is 44.8 Å². The maximum absolute atomic E-state index is 13.1. The van der Waals surface area contributed by atoms with Crippen LogP contribution in [-0.4, -0.2) is 77.1 Å². The molecule has 3 heterocycles. The minimum atomic E-state index is -0.961. The number of piperidine rings is 2. The fraction of sp³-hybridized carbons (Fsp3) is 0.583. The Morgan fingerprint density at radius 1 is 1.06 bits per heavy atom. The molecule has 2 saturated heterocycles. The largest absolute Gasteiger partial charge is 0.391 e. The van der Waals surface area contributed by atoms with Crippen molar-refractivity contribution in [3.8, 4) is 0 Å². The first-order valence-electron chi connectivity index (χ1n) is 11.5. The molecule has 0 bridgehead atoms. The summed E-state index contributed by atoms with van der Waals surface area (Å²) in [5, 5.41) is 14.0. The van der Waals surface area contributed by atoms with E-state index >= 15 is 0 Å². The minimum absolute atomic E-state index is 0.189. The number of benzene rings is 1. The Morgan fingerprint density at radius 3 is 2.35 bits per heavy atom. The number of likely N-dealkylation sites (tertiary alicyclic amines) is 2. The summed E-state index contributed by atoms with van der Waals surface area (Å²) < 4.78 is 0. The number of nitrogens with zero attached hydrogens (tertiary/aromatic N) is 2. The number of aromatic nitrogens is 1. The van der Waals surface area contributed by atoms with Crippen molar-refractivity contribution in [3.63, 3.8) is 0 Å². The average Bonchev–Trinajstić information content (AvgIpc) is 3.25. The molecule has 0 radical (unpaired) electrons. The van der Waals surface area contributed by atoms with E-state index in [0.717, 1.165) is 42.8 Å². The number of carbonyl (C=O) groups is 2. The van der Waals surface area contributed by atoms with Gasteiger partial charge in [0.25, 0.3) is 5.91 Å². The molecule has 0 aliphatic carbocycles. The Bertz CT molecular complexity index is 908. The second kappa shape index (κ2) is 9.40. The third-order valence-corrected chi connectivity index (χ3v) is 7.13. The lowest BCUT2D eigenvalue weighted by molar-refractivity contribution is -0.137. The van der Waals surface area contributed by atoms with E-state index in [1.54, 1.807) is 19.1 Å². The summed E-state index contributed by atoms with van der Waals surface area (Å²) in [6.07, 6.45) is 5.36. The van der Waals surface area contributed by atoms with Gasteiger partial charge < -0.3 is 25.2 Å². The van der Waals surface area contributed by atoms with Crippen LogP contribution in [0.5, 0.6) is 0 Å². The van der Waals surface area contributed by atoms with Crippen LogP contribution in [0.25, 0.3) is 10.9 Å². The van der Waals surface area contributed by atoms with Gasteiger partial charge in [0.2, 0.25) is 5.91 Å². The Balaban J connectivity index is 1.35. The zero-order valence-electron chi connectivity index (χ0n) is 18.5. The molecular weight excluding hydrogens is 392 g/mol. The van der Waals surface area contributed by atoms with Crippen LogP contribution in [0.3, 0.4) is 0 Å². The van der Waals surface area contributed by atoms with Crippen molar-refractivity contribution in [2.24, 2.45) is 11.8 Å². The van der Waals surface area contributed by atoms with E-state index in [9.17, 15) is 14.7 Å². The van der Waals surface area contributed by atoms with Crippen molar-refractivity contribution in [1.82, 2.24) is 20.1 Å². The molecule has 7 heteroatoms.